The van der Waals surface area contributed by atoms with Crippen LogP contribution in [0, 0.1) is 0 Å². The Morgan fingerprint density at radius 1 is 1.07 bits per heavy atom. The van der Waals surface area contributed by atoms with E-state index in [-0.39, 0.29) is 12.0 Å². The van der Waals surface area contributed by atoms with E-state index < -0.39 is 5.60 Å². The monoisotopic (exact) mass is 393 g/mol. The number of rotatable bonds is 6. The van der Waals surface area contributed by atoms with Gasteiger partial charge in [0.2, 0.25) is 0 Å². The minimum absolute atomic E-state index is 0.188. The first-order chi connectivity index (χ1) is 13.2. The van der Waals surface area contributed by atoms with Gasteiger partial charge in [-0.15, -0.1) is 0 Å². The molecule has 1 fully saturated rings. The Bertz CT molecular complexity index is 679. The molecule has 1 heterocycles. The summed E-state index contributed by atoms with van der Waals surface area (Å²) in [4.78, 5) is 28.5. The van der Waals surface area contributed by atoms with Crippen LogP contribution in [0.15, 0.2) is 18.2 Å². The fraction of sp³-hybridized carbons (Fsp3) is 0.600. The van der Waals surface area contributed by atoms with Gasteiger partial charge in [0.15, 0.2) is 0 Å². The van der Waals surface area contributed by atoms with Gasteiger partial charge in [-0.05, 0) is 32.9 Å². The Labute approximate surface area is 166 Å². The summed E-state index contributed by atoms with van der Waals surface area (Å²) in [6.45, 7) is 9.56. The second kappa shape index (κ2) is 9.64. The molecule has 0 bridgehead atoms. The van der Waals surface area contributed by atoms with Crippen LogP contribution < -0.4 is 14.8 Å². The summed E-state index contributed by atoms with van der Waals surface area (Å²) in [6.07, 6.45) is -0.271. The number of amides is 2. The third-order valence-electron chi connectivity index (χ3n) is 4.39. The highest BCUT2D eigenvalue weighted by atomic mass is 16.6. The third-order valence-corrected chi connectivity index (χ3v) is 4.39. The van der Waals surface area contributed by atoms with Crippen LogP contribution in [0.5, 0.6) is 11.5 Å². The largest absolute Gasteiger partial charge is 0.497 e. The molecule has 156 valence electrons. The molecule has 0 aromatic heterocycles. The molecule has 1 saturated heterocycles. The van der Waals surface area contributed by atoms with Crippen LogP contribution in [0.1, 0.15) is 31.1 Å². The SMILES string of the molecule is COc1ccc(C(=O)NCCN2CCN(C(=O)OC(C)(C)C)CC2)c(OC)c1. The van der Waals surface area contributed by atoms with E-state index in [1.54, 1.807) is 30.2 Å². The number of nitrogens with zero attached hydrogens (tertiary/aromatic N) is 2. The van der Waals surface area contributed by atoms with Crippen LogP contribution in [0.25, 0.3) is 0 Å². The van der Waals surface area contributed by atoms with Crippen LogP contribution in [0.4, 0.5) is 4.79 Å². The Kier molecular flexibility index (Phi) is 7.51. The summed E-state index contributed by atoms with van der Waals surface area (Å²) in [5.41, 5.74) is -0.0147. The number of hydrogen-bond donors (Lipinski definition) is 1. The number of carbonyl (C=O) groups excluding carboxylic acids is 2. The van der Waals surface area contributed by atoms with Gasteiger partial charge < -0.3 is 24.4 Å². The van der Waals surface area contributed by atoms with Gasteiger partial charge >= 0.3 is 6.09 Å². The summed E-state index contributed by atoms with van der Waals surface area (Å²) in [5, 5.41) is 2.92. The fourth-order valence-electron chi connectivity index (χ4n) is 2.89. The Morgan fingerprint density at radius 3 is 2.32 bits per heavy atom. The first kappa shape index (κ1) is 21.8. The molecule has 1 aromatic carbocycles. The number of methoxy groups -OCH3 is 2. The number of carbonyl (C=O) groups is 2. The quantitative estimate of drug-likeness (QED) is 0.796. The minimum Gasteiger partial charge on any atom is -0.497 e. The summed E-state index contributed by atoms with van der Waals surface area (Å²) in [7, 11) is 3.09. The van der Waals surface area contributed by atoms with Crippen molar-refractivity contribution < 1.29 is 23.8 Å². The Morgan fingerprint density at radius 2 is 1.75 bits per heavy atom. The van der Waals surface area contributed by atoms with Crippen LogP contribution in [-0.4, -0.2) is 80.9 Å². The number of piperazine rings is 1. The van der Waals surface area contributed by atoms with Crippen molar-refractivity contribution in [1.82, 2.24) is 15.1 Å². The lowest BCUT2D eigenvalue weighted by molar-refractivity contribution is 0.0147. The predicted molar refractivity (Wildman–Crippen MR) is 106 cm³/mol. The van der Waals surface area contributed by atoms with Crippen molar-refractivity contribution >= 4 is 12.0 Å². The third kappa shape index (κ3) is 6.30. The van der Waals surface area contributed by atoms with E-state index in [1.165, 1.54) is 7.11 Å². The van der Waals surface area contributed by atoms with E-state index in [0.29, 0.717) is 43.2 Å². The molecule has 8 heteroatoms. The maximum absolute atomic E-state index is 12.4. The number of nitrogens with one attached hydrogen (secondary N) is 1. The smallest absolute Gasteiger partial charge is 0.410 e. The summed E-state index contributed by atoms with van der Waals surface area (Å²) >= 11 is 0. The molecule has 0 spiro atoms. The minimum atomic E-state index is -0.485. The molecule has 0 unspecified atom stereocenters. The van der Waals surface area contributed by atoms with Crippen molar-refractivity contribution in [2.75, 3.05) is 53.5 Å². The Hall–Kier alpha value is -2.48. The highest BCUT2D eigenvalue weighted by molar-refractivity contribution is 5.97. The van der Waals surface area contributed by atoms with E-state index in [9.17, 15) is 9.59 Å². The lowest BCUT2D eigenvalue weighted by atomic mass is 10.1. The van der Waals surface area contributed by atoms with Crippen LogP contribution >= 0.6 is 0 Å². The topological polar surface area (TPSA) is 80.3 Å². The molecular weight excluding hydrogens is 362 g/mol. The Balaban J connectivity index is 1.76. The first-order valence-corrected chi connectivity index (χ1v) is 9.44. The van der Waals surface area contributed by atoms with Gasteiger partial charge in [0.25, 0.3) is 5.91 Å². The van der Waals surface area contributed by atoms with Gasteiger partial charge in [-0.25, -0.2) is 4.79 Å². The lowest BCUT2D eigenvalue weighted by Gasteiger charge is -2.35. The van der Waals surface area contributed by atoms with Crippen LogP contribution in [0.2, 0.25) is 0 Å². The average Bonchev–Trinajstić information content (AvgIpc) is 2.66. The van der Waals surface area contributed by atoms with Gasteiger partial charge in [-0.1, -0.05) is 0 Å². The van der Waals surface area contributed by atoms with Gasteiger partial charge in [-0.2, -0.15) is 0 Å². The molecule has 0 radical (unpaired) electrons. The molecular formula is C20H31N3O5. The lowest BCUT2D eigenvalue weighted by Crippen LogP contribution is -2.51. The zero-order chi connectivity index (χ0) is 20.7. The standard InChI is InChI=1S/C20H31N3O5/c1-20(2,3)28-19(25)23-12-10-22(11-13-23)9-8-21-18(24)16-7-6-15(26-4)14-17(16)27-5/h6-7,14H,8-13H2,1-5H3,(H,21,24). The molecule has 28 heavy (non-hydrogen) atoms. The molecule has 1 aromatic rings. The molecule has 0 saturated carbocycles. The van der Waals surface area contributed by atoms with Crippen molar-refractivity contribution in [2.45, 2.75) is 26.4 Å². The zero-order valence-electron chi connectivity index (χ0n) is 17.4. The van der Waals surface area contributed by atoms with E-state index in [4.69, 9.17) is 14.2 Å². The molecule has 0 atom stereocenters. The highest BCUT2D eigenvalue weighted by Crippen LogP contribution is 2.24. The fourth-order valence-corrected chi connectivity index (χ4v) is 2.89. The molecule has 2 rings (SSSR count). The molecule has 0 aliphatic carbocycles. The van der Waals surface area contributed by atoms with E-state index in [0.717, 1.165) is 13.1 Å². The van der Waals surface area contributed by atoms with Crippen molar-refractivity contribution in [3.8, 4) is 11.5 Å². The highest BCUT2D eigenvalue weighted by Gasteiger charge is 2.25. The van der Waals surface area contributed by atoms with E-state index in [2.05, 4.69) is 10.2 Å². The zero-order valence-corrected chi connectivity index (χ0v) is 17.4. The summed E-state index contributed by atoms with van der Waals surface area (Å²) in [5.74, 6) is 0.922. The average molecular weight is 393 g/mol. The summed E-state index contributed by atoms with van der Waals surface area (Å²) in [6, 6.07) is 5.10. The van der Waals surface area contributed by atoms with Crippen LogP contribution in [-0.2, 0) is 4.74 Å². The van der Waals surface area contributed by atoms with E-state index in [1.807, 2.05) is 20.8 Å². The second-order valence-corrected chi connectivity index (χ2v) is 7.63. The molecule has 1 aliphatic rings. The number of ether oxygens (including phenoxy) is 3. The van der Waals surface area contributed by atoms with Crippen molar-refractivity contribution in [2.24, 2.45) is 0 Å². The van der Waals surface area contributed by atoms with Gasteiger partial charge in [0.1, 0.15) is 17.1 Å². The normalized spacial score (nSPS) is 15.1. The second-order valence-electron chi connectivity index (χ2n) is 7.63. The first-order valence-electron chi connectivity index (χ1n) is 9.44. The maximum Gasteiger partial charge on any atom is 0.410 e. The van der Waals surface area contributed by atoms with Gasteiger partial charge in [-0.3, -0.25) is 9.69 Å². The van der Waals surface area contributed by atoms with Gasteiger partial charge in [0, 0.05) is 45.3 Å². The summed E-state index contributed by atoms with van der Waals surface area (Å²) < 4.78 is 15.8. The molecule has 1 N–H and O–H groups in total. The van der Waals surface area contributed by atoms with Crippen LogP contribution in [0.3, 0.4) is 0 Å². The van der Waals surface area contributed by atoms with Crippen molar-refractivity contribution in [3.63, 3.8) is 0 Å². The number of hydrogen-bond acceptors (Lipinski definition) is 6. The maximum atomic E-state index is 12.4. The van der Waals surface area contributed by atoms with Crippen molar-refractivity contribution in [3.05, 3.63) is 23.8 Å². The predicted octanol–water partition coefficient (Wildman–Crippen LogP) is 1.99. The molecule has 8 nitrogen and oxygen atoms in total. The van der Waals surface area contributed by atoms with Crippen molar-refractivity contribution in [1.29, 1.82) is 0 Å². The number of benzene rings is 1. The van der Waals surface area contributed by atoms with Gasteiger partial charge in [0.05, 0.1) is 19.8 Å². The molecule has 1 aliphatic heterocycles. The molecule has 2 amide bonds. The van der Waals surface area contributed by atoms with E-state index >= 15 is 0 Å².